The van der Waals surface area contributed by atoms with E-state index in [1.165, 1.54) is 6.20 Å². The van der Waals surface area contributed by atoms with E-state index < -0.39 is 0 Å². The lowest BCUT2D eigenvalue weighted by Crippen LogP contribution is -2.26. The van der Waals surface area contributed by atoms with Gasteiger partial charge in [-0.15, -0.1) is 0 Å². The Balaban J connectivity index is 2.53. The second-order valence-corrected chi connectivity index (χ2v) is 4.34. The summed E-state index contributed by atoms with van der Waals surface area (Å²) in [5.74, 6) is 0.698. The number of fused-ring (bicyclic) bond motifs is 3. The van der Waals surface area contributed by atoms with Gasteiger partial charge < -0.3 is 14.5 Å². The van der Waals surface area contributed by atoms with Gasteiger partial charge in [-0.05, 0) is 24.3 Å². The molecule has 19 heavy (non-hydrogen) atoms. The highest BCUT2D eigenvalue weighted by molar-refractivity contribution is 6.04. The number of pyridine rings is 1. The van der Waals surface area contributed by atoms with Crippen LogP contribution >= 0.6 is 0 Å². The second-order valence-electron chi connectivity index (χ2n) is 4.34. The van der Waals surface area contributed by atoms with Gasteiger partial charge in [0.2, 0.25) is 5.52 Å². The van der Waals surface area contributed by atoms with E-state index in [0.29, 0.717) is 16.8 Å². The minimum atomic E-state index is 0.348. The van der Waals surface area contributed by atoms with Crippen molar-refractivity contribution in [1.29, 1.82) is 5.26 Å². The van der Waals surface area contributed by atoms with Crippen LogP contribution in [0.3, 0.4) is 0 Å². The molecule has 2 aromatic heterocycles. The predicted octanol–water partition coefficient (Wildman–Crippen LogP) is 1.85. The Morgan fingerprint density at radius 3 is 2.79 bits per heavy atom. The lowest BCUT2D eigenvalue weighted by molar-refractivity contribution is -0.576. The molecule has 0 radical (unpaired) electrons. The predicted molar refractivity (Wildman–Crippen MR) is 70.7 cm³/mol. The van der Waals surface area contributed by atoms with Gasteiger partial charge in [-0.1, -0.05) is 0 Å². The number of aromatic nitrogens is 2. The van der Waals surface area contributed by atoms with Gasteiger partial charge in [0.05, 0.1) is 18.0 Å². The van der Waals surface area contributed by atoms with Crippen molar-refractivity contribution in [2.75, 3.05) is 7.11 Å². The fourth-order valence-electron chi connectivity index (χ4n) is 2.38. The number of methoxy groups -OCH3 is 1. The van der Waals surface area contributed by atoms with Crippen LogP contribution in [0.4, 0.5) is 0 Å². The Hall–Kier alpha value is -2.74. The zero-order valence-electron chi connectivity index (χ0n) is 10.5. The van der Waals surface area contributed by atoms with Gasteiger partial charge in [0.1, 0.15) is 22.9 Å². The van der Waals surface area contributed by atoms with Crippen molar-refractivity contribution in [1.82, 2.24) is 4.57 Å². The molecule has 0 bridgehead atoms. The summed E-state index contributed by atoms with van der Waals surface area (Å²) in [7, 11) is 3.46. The standard InChI is InChI=1S/C14H11N3O2/c1-16-12-4-3-10(19-2)6-11(12)14-13(16)5-9(7-15)8-17(14)18/h3-6,8H,1-2H3. The van der Waals surface area contributed by atoms with Crippen molar-refractivity contribution in [2.24, 2.45) is 7.05 Å². The molecule has 5 nitrogen and oxygen atoms in total. The minimum absolute atomic E-state index is 0.348. The highest BCUT2D eigenvalue weighted by Gasteiger charge is 2.17. The van der Waals surface area contributed by atoms with Gasteiger partial charge in [0.15, 0.2) is 6.20 Å². The molecule has 0 saturated heterocycles. The summed E-state index contributed by atoms with van der Waals surface area (Å²) in [6, 6.07) is 9.30. The summed E-state index contributed by atoms with van der Waals surface area (Å²) >= 11 is 0. The Bertz CT molecular complexity index is 843. The largest absolute Gasteiger partial charge is 0.618 e. The lowest BCUT2D eigenvalue weighted by Gasteiger charge is -2.00. The molecule has 3 aromatic rings. The first kappa shape index (κ1) is 11.4. The maximum atomic E-state index is 12.1. The minimum Gasteiger partial charge on any atom is -0.618 e. The van der Waals surface area contributed by atoms with Crippen LogP contribution < -0.4 is 9.47 Å². The molecule has 0 unspecified atom stereocenters. The van der Waals surface area contributed by atoms with Crippen LogP contribution in [0.1, 0.15) is 5.56 Å². The quantitative estimate of drug-likeness (QED) is 0.491. The van der Waals surface area contributed by atoms with Crippen LogP contribution in [0, 0.1) is 16.5 Å². The lowest BCUT2D eigenvalue weighted by atomic mass is 10.2. The number of nitrogens with zero attached hydrogens (tertiary/aromatic N) is 3. The van der Waals surface area contributed by atoms with E-state index in [-0.39, 0.29) is 0 Å². The highest BCUT2D eigenvalue weighted by atomic mass is 16.5. The molecule has 0 aliphatic carbocycles. The zero-order chi connectivity index (χ0) is 13.6. The molecule has 0 spiro atoms. The van der Waals surface area contributed by atoms with Gasteiger partial charge in [-0.2, -0.15) is 9.99 Å². The van der Waals surface area contributed by atoms with Gasteiger partial charge in [0, 0.05) is 7.05 Å². The Kier molecular flexibility index (Phi) is 2.32. The van der Waals surface area contributed by atoms with Crippen LogP contribution in [0.5, 0.6) is 5.75 Å². The van der Waals surface area contributed by atoms with Gasteiger partial charge in [-0.25, -0.2) is 0 Å². The Labute approximate surface area is 109 Å². The number of rotatable bonds is 1. The fraction of sp³-hybridized carbons (Fsp3) is 0.143. The first-order chi connectivity index (χ1) is 9.15. The monoisotopic (exact) mass is 253 g/mol. The molecule has 94 valence electrons. The summed E-state index contributed by atoms with van der Waals surface area (Å²) < 4.78 is 7.84. The maximum absolute atomic E-state index is 12.1. The van der Waals surface area contributed by atoms with E-state index >= 15 is 0 Å². The van der Waals surface area contributed by atoms with Crippen molar-refractivity contribution >= 4 is 21.9 Å². The van der Waals surface area contributed by atoms with E-state index in [4.69, 9.17) is 10.00 Å². The molecular weight excluding hydrogens is 242 g/mol. The van der Waals surface area contributed by atoms with Crippen molar-refractivity contribution in [3.63, 3.8) is 0 Å². The molecule has 0 atom stereocenters. The van der Waals surface area contributed by atoms with Crippen LogP contribution in [0.25, 0.3) is 21.9 Å². The van der Waals surface area contributed by atoms with Crippen molar-refractivity contribution in [3.8, 4) is 11.8 Å². The van der Waals surface area contributed by atoms with E-state index in [1.807, 2.05) is 35.9 Å². The van der Waals surface area contributed by atoms with Crippen LogP contribution in [0.2, 0.25) is 0 Å². The molecule has 0 aliphatic rings. The van der Waals surface area contributed by atoms with Crippen molar-refractivity contribution < 1.29 is 9.47 Å². The molecule has 0 saturated carbocycles. The summed E-state index contributed by atoms with van der Waals surface area (Å²) in [6.07, 6.45) is 1.29. The number of hydrogen-bond acceptors (Lipinski definition) is 3. The van der Waals surface area contributed by atoms with Crippen molar-refractivity contribution in [2.45, 2.75) is 0 Å². The second kappa shape index (κ2) is 3.89. The maximum Gasteiger partial charge on any atom is 0.250 e. The van der Waals surface area contributed by atoms with E-state index in [1.54, 1.807) is 13.2 Å². The average molecular weight is 253 g/mol. The SMILES string of the molecule is COc1ccc2c(c1)c1c(cc(C#N)c[n+]1[O-])n2C. The zero-order valence-corrected chi connectivity index (χ0v) is 10.5. The van der Waals surface area contributed by atoms with E-state index in [0.717, 1.165) is 21.2 Å². The first-order valence-electron chi connectivity index (χ1n) is 5.75. The van der Waals surface area contributed by atoms with Gasteiger partial charge in [0.25, 0.3) is 0 Å². The fourth-order valence-corrected chi connectivity index (χ4v) is 2.38. The van der Waals surface area contributed by atoms with E-state index in [2.05, 4.69) is 0 Å². The third-order valence-corrected chi connectivity index (χ3v) is 3.32. The Morgan fingerprint density at radius 1 is 1.32 bits per heavy atom. The molecule has 0 fully saturated rings. The van der Waals surface area contributed by atoms with Crippen LogP contribution in [-0.4, -0.2) is 11.7 Å². The van der Waals surface area contributed by atoms with Crippen molar-refractivity contribution in [3.05, 3.63) is 41.2 Å². The summed E-state index contributed by atoms with van der Waals surface area (Å²) in [6.45, 7) is 0. The summed E-state index contributed by atoms with van der Waals surface area (Å²) in [5, 5.41) is 21.9. The van der Waals surface area contributed by atoms with E-state index in [9.17, 15) is 5.21 Å². The Morgan fingerprint density at radius 2 is 2.11 bits per heavy atom. The molecule has 2 heterocycles. The molecule has 0 aliphatic heterocycles. The topological polar surface area (TPSA) is 64.9 Å². The van der Waals surface area contributed by atoms with Gasteiger partial charge in [-0.3, -0.25) is 0 Å². The highest BCUT2D eigenvalue weighted by Crippen LogP contribution is 2.29. The summed E-state index contributed by atoms with van der Waals surface area (Å²) in [4.78, 5) is 0. The van der Waals surface area contributed by atoms with Crippen LogP contribution in [-0.2, 0) is 7.05 Å². The average Bonchev–Trinajstić information content (AvgIpc) is 2.72. The third kappa shape index (κ3) is 1.50. The number of benzene rings is 1. The number of aryl methyl sites for hydroxylation is 1. The van der Waals surface area contributed by atoms with Crippen LogP contribution in [0.15, 0.2) is 30.5 Å². The molecule has 1 aromatic carbocycles. The molecule has 3 rings (SSSR count). The summed E-state index contributed by atoms with van der Waals surface area (Å²) in [5.41, 5.74) is 2.56. The third-order valence-electron chi connectivity index (χ3n) is 3.32. The number of nitriles is 1. The molecular formula is C14H11N3O2. The molecule has 5 heteroatoms. The first-order valence-corrected chi connectivity index (χ1v) is 5.75. The number of ether oxygens (including phenoxy) is 1. The molecule has 0 amide bonds. The smallest absolute Gasteiger partial charge is 0.250 e. The number of hydrogen-bond donors (Lipinski definition) is 0. The molecule has 0 N–H and O–H groups in total. The van der Waals surface area contributed by atoms with Gasteiger partial charge >= 0.3 is 0 Å². The normalized spacial score (nSPS) is 10.8.